The molecule has 0 fully saturated rings. The van der Waals surface area contributed by atoms with Crippen molar-refractivity contribution in [1.82, 2.24) is 0 Å². The van der Waals surface area contributed by atoms with E-state index < -0.39 is 0 Å². The standard InChI is InChI=1S/C11H15ClN2/c1-8(7-13)14-5-4-9-6-10(12)2-3-11(9)14/h2-3,6,8H,4-5,7,13H2,1H3/t8-/m0/s1. The monoisotopic (exact) mass is 210 g/mol. The third-order valence-corrected chi connectivity index (χ3v) is 3.08. The highest BCUT2D eigenvalue weighted by Crippen LogP contribution is 2.31. The van der Waals surface area contributed by atoms with E-state index in [2.05, 4.69) is 24.0 Å². The molecule has 0 radical (unpaired) electrons. The molecule has 2 nitrogen and oxygen atoms in total. The lowest BCUT2D eigenvalue weighted by atomic mass is 10.2. The van der Waals surface area contributed by atoms with Gasteiger partial charge in [0, 0.05) is 29.8 Å². The Kier molecular flexibility index (Phi) is 2.66. The fourth-order valence-electron chi connectivity index (χ4n) is 1.98. The van der Waals surface area contributed by atoms with Gasteiger partial charge in [0.1, 0.15) is 0 Å². The number of anilines is 1. The normalized spacial score (nSPS) is 16.9. The van der Waals surface area contributed by atoms with Crippen LogP contribution in [0.5, 0.6) is 0 Å². The first-order valence-corrected chi connectivity index (χ1v) is 5.35. The van der Waals surface area contributed by atoms with Crippen LogP contribution in [0.1, 0.15) is 12.5 Å². The van der Waals surface area contributed by atoms with Gasteiger partial charge in [-0.15, -0.1) is 0 Å². The fourth-order valence-corrected chi connectivity index (χ4v) is 2.18. The third kappa shape index (κ3) is 1.60. The van der Waals surface area contributed by atoms with Crippen LogP contribution in [0.4, 0.5) is 5.69 Å². The molecule has 0 bridgehead atoms. The summed E-state index contributed by atoms with van der Waals surface area (Å²) in [5.41, 5.74) is 8.31. The summed E-state index contributed by atoms with van der Waals surface area (Å²) in [5.74, 6) is 0. The van der Waals surface area contributed by atoms with Crippen LogP contribution in [-0.4, -0.2) is 19.1 Å². The summed E-state index contributed by atoms with van der Waals surface area (Å²) in [4.78, 5) is 2.35. The van der Waals surface area contributed by atoms with Crippen molar-refractivity contribution < 1.29 is 0 Å². The first-order valence-electron chi connectivity index (χ1n) is 4.97. The quantitative estimate of drug-likeness (QED) is 0.810. The maximum atomic E-state index is 5.94. The van der Waals surface area contributed by atoms with Crippen LogP contribution < -0.4 is 10.6 Å². The SMILES string of the molecule is C[C@@H](CN)N1CCc2cc(Cl)ccc21. The van der Waals surface area contributed by atoms with Crippen LogP contribution in [0, 0.1) is 0 Å². The van der Waals surface area contributed by atoms with Crippen LogP contribution in [0.15, 0.2) is 18.2 Å². The molecule has 1 aromatic rings. The van der Waals surface area contributed by atoms with E-state index in [1.165, 1.54) is 11.3 Å². The van der Waals surface area contributed by atoms with Gasteiger partial charge in [0.15, 0.2) is 0 Å². The highest BCUT2D eigenvalue weighted by atomic mass is 35.5. The van der Waals surface area contributed by atoms with Crippen molar-refractivity contribution >= 4 is 17.3 Å². The largest absolute Gasteiger partial charge is 0.367 e. The molecule has 0 aromatic heterocycles. The molecule has 2 rings (SSSR count). The molecule has 1 aromatic carbocycles. The van der Waals surface area contributed by atoms with Gasteiger partial charge in [-0.1, -0.05) is 11.6 Å². The molecule has 0 aliphatic carbocycles. The summed E-state index contributed by atoms with van der Waals surface area (Å²) >= 11 is 5.94. The lowest BCUT2D eigenvalue weighted by molar-refractivity contribution is 0.663. The molecule has 0 amide bonds. The summed E-state index contributed by atoms with van der Waals surface area (Å²) in [5, 5.41) is 0.825. The van der Waals surface area contributed by atoms with Crippen LogP contribution in [0.25, 0.3) is 0 Å². The van der Waals surface area contributed by atoms with E-state index in [1.54, 1.807) is 0 Å². The van der Waals surface area contributed by atoms with Crippen molar-refractivity contribution in [3.63, 3.8) is 0 Å². The van der Waals surface area contributed by atoms with Crippen molar-refractivity contribution in [2.75, 3.05) is 18.0 Å². The molecule has 14 heavy (non-hydrogen) atoms. The maximum Gasteiger partial charge on any atom is 0.0410 e. The highest BCUT2D eigenvalue weighted by molar-refractivity contribution is 6.30. The molecular formula is C11H15ClN2. The summed E-state index contributed by atoms with van der Waals surface area (Å²) in [6.07, 6.45) is 1.08. The second-order valence-electron chi connectivity index (χ2n) is 3.80. The average molecular weight is 211 g/mol. The van der Waals surface area contributed by atoms with Crippen LogP contribution in [0.2, 0.25) is 5.02 Å². The Hall–Kier alpha value is -0.730. The zero-order chi connectivity index (χ0) is 10.1. The van der Waals surface area contributed by atoms with Crippen molar-refractivity contribution in [2.45, 2.75) is 19.4 Å². The zero-order valence-corrected chi connectivity index (χ0v) is 9.09. The Morgan fingerprint density at radius 3 is 3.07 bits per heavy atom. The Labute approximate surface area is 89.7 Å². The molecule has 2 N–H and O–H groups in total. The molecule has 1 heterocycles. The summed E-state index contributed by atoms with van der Waals surface area (Å²) in [6, 6.07) is 6.51. The Balaban J connectivity index is 2.31. The Bertz CT molecular complexity index is 338. The van der Waals surface area contributed by atoms with Crippen molar-refractivity contribution in [3.05, 3.63) is 28.8 Å². The van der Waals surface area contributed by atoms with E-state index in [-0.39, 0.29) is 0 Å². The summed E-state index contributed by atoms with van der Waals surface area (Å²) < 4.78 is 0. The number of rotatable bonds is 2. The molecule has 0 saturated heterocycles. The van der Waals surface area contributed by atoms with Gasteiger partial charge < -0.3 is 10.6 Å². The molecule has 76 valence electrons. The van der Waals surface area contributed by atoms with E-state index in [9.17, 15) is 0 Å². The number of hydrogen-bond donors (Lipinski definition) is 1. The summed E-state index contributed by atoms with van der Waals surface area (Å²) in [7, 11) is 0. The topological polar surface area (TPSA) is 29.3 Å². The number of halogens is 1. The van der Waals surface area contributed by atoms with Gasteiger partial charge in [0.2, 0.25) is 0 Å². The molecule has 3 heteroatoms. The predicted octanol–water partition coefficient (Wildman–Crippen LogP) is 2.05. The van der Waals surface area contributed by atoms with Crippen LogP contribution in [-0.2, 0) is 6.42 Å². The molecule has 1 aliphatic rings. The third-order valence-electron chi connectivity index (χ3n) is 2.85. The van der Waals surface area contributed by atoms with Crippen molar-refractivity contribution in [3.8, 4) is 0 Å². The zero-order valence-electron chi connectivity index (χ0n) is 8.33. The molecule has 0 spiro atoms. The van der Waals surface area contributed by atoms with Crippen molar-refractivity contribution in [1.29, 1.82) is 0 Å². The lowest BCUT2D eigenvalue weighted by Gasteiger charge is -2.26. The van der Waals surface area contributed by atoms with Crippen LogP contribution in [0.3, 0.4) is 0 Å². The second-order valence-corrected chi connectivity index (χ2v) is 4.24. The molecule has 1 aliphatic heterocycles. The highest BCUT2D eigenvalue weighted by Gasteiger charge is 2.22. The second kappa shape index (κ2) is 3.79. The van der Waals surface area contributed by atoms with Gasteiger partial charge in [0.25, 0.3) is 0 Å². The summed E-state index contributed by atoms with van der Waals surface area (Å²) in [6.45, 7) is 3.92. The van der Waals surface area contributed by atoms with Gasteiger partial charge in [-0.3, -0.25) is 0 Å². The van der Waals surface area contributed by atoms with Gasteiger partial charge in [-0.05, 0) is 37.1 Å². The van der Waals surface area contributed by atoms with E-state index in [1.807, 2.05) is 6.07 Å². The van der Waals surface area contributed by atoms with E-state index in [0.717, 1.165) is 18.0 Å². The molecule has 1 atom stereocenters. The van der Waals surface area contributed by atoms with Gasteiger partial charge in [-0.2, -0.15) is 0 Å². The first-order chi connectivity index (χ1) is 6.72. The minimum atomic E-state index is 0.414. The molecule has 0 unspecified atom stereocenters. The fraction of sp³-hybridized carbons (Fsp3) is 0.455. The maximum absolute atomic E-state index is 5.94. The molecular weight excluding hydrogens is 196 g/mol. The van der Waals surface area contributed by atoms with Gasteiger partial charge in [0.05, 0.1) is 0 Å². The predicted molar refractivity (Wildman–Crippen MR) is 61.0 cm³/mol. The lowest BCUT2D eigenvalue weighted by Crippen LogP contribution is -2.37. The Morgan fingerprint density at radius 1 is 1.57 bits per heavy atom. The number of nitrogens with zero attached hydrogens (tertiary/aromatic N) is 1. The van der Waals surface area contributed by atoms with Gasteiger partial charge in [-0.25, -0.2) is 0 Å². The number of hydrogen-bond acceptors (Lipinski definition) is 2. The number of nitrogens with two attached hydrogens (primary N) is 1. The van der Waals surface area contributed by atoms with Gasteiger partial charge >= 0.3 is 0 Å². The number of fused-ring (bicyclic) bond motifs is 1. The first kappa shape index (κ1) is 9.81. The Morgan fingerprint density at radius 2 is 2.36 bits per heavy atom. The number of benzene rings is 1. The van der Waals surface area contributed by atoms with Crippen molar-refractivity contribution in [2.24, 2.45) is 5.73 Å². The molecule has 0 saturated carbocycles. The van der Waals surface area contributed by atoms with E-state index in [0.29, 0.717) is 12.6 Å². The van der Waals surface area contributed by atoms with E-state index in [4.69, 9.17) is 17.3 Å². The van der Waals surface area contributed by atoms with Crippen LogP contribution >= 0.6 is 11.6 Å². The van der Waals surface area contributed by atoms with E-state index >= 15 is 0 Å². The minimum absolute atomic E-state index is 0.414. The average Bonchev–Trinajstić information content (AvgIpc) is 2.59. The smallest absolute Gasteiger partial charge is 0.0410 e. The minimum Gasteiger partial charge on any atom is -0.367 e.